The molecule has 2 atom stereocenters. The highest BCUT2D eigenvalue weighted by Crippen LogP contribution is 2.44. The molecule has 0 aromatic heterocycles. The minimum atomic E-state index is -0.972. The minimum absolute atomic E-state index is 0.0122. The number of nitrogens with zero attached hydrogens (tertiary/aromatic N) is 1. The zero-order valence-corrected chi connectivity index (χ0v) is 20.9. The van der Waals surface area contributed by atoms with Crippen molar-refractivity contribution in [2.75, 3.05) is 24.8 Å². The smallest absolute Gasteiger partial charge is 0.407 e. The number of rotatable bonds is 9. The number of carbonyl (C=O) groups is 3. The number of carboxylic acid groups (broad SMARTS) is 1. The van der Waals surface area contributed by atoms with Crippen molar-refractivity contribution in [1.29, 1.82) is 0 Å². The molecule has 7 nitrogen and oxygen atoms in total. The summed E-state index contributed by atoms with van der Waals surface area (Å²) < 4.78 is 5.62. The standard InChI is InChI=1S/C27H32N2O5S/c1-17(2)11-18(12-25(30)29-16-35-15-24(29)26(31)32)13-28-27(33)34-14-23-21-9-5-3-7-19(21)20-8-4-6-10-22(20)23/h3-10,17-18,23-24H,11-16H2,1-2H3,(H,28,33)(H,31,32)/t18?,24-/m0/s1. The van der Waals surface area contributed by atoms with E-state index in [2.05, 4.69) is 43.4 Å². The first kappa shape index (κ1) is 25.1. The lowest BCUT2D eigenvalue weighted by molar-refractivity contribution is -0.148. The van der Waals surface area contributed by atoms with Gasteiger partial charge < -0.3 is 20.1 Å². The molecule has 35 heavy (non-hydrogen) atoms. The third kappa shape index (κ3) is 5.81. The van der Waals surface area contributed by atoms with Crippen molar-refractivity contribution in [1.82, 2.24) is 10.2 Å². The van der Waals surface area contributed by atoms with Crippen molar-refractivity contribution in [2.24, 2.45) is 11.8 Å². The van der Waals surface area contributed by atoms with Gasteiger partial charge in [-0.2, -0.15) is 0 Å². The summed E-state index contributed by atoms with van der Waals surface area (Å²) in [6.07, 6.45) is 0.438. The third-order valence-electron chi connectivity index (χ3n) is 6.63. The number of ether oxygens (including phenoxy) is 1. The second kappa shape index (κ2) is 11.2. The molecule has 2 aliphatic rings. The Hall–Kier alpha value is -3.00. The fraction of sp³-hybridized carbons (Fsp3) is 0.444. The lowest BCUT2D eigenvalue weighted by Gasteiger charge is -2.25. The Morgan fingerprint density at radius 3 is 2.31 bits per heavy atom. The Morgan fingerprint density at radius 1 is 1.09 bits per heavy atom. The summed E-state index contributed by atoms with van der Waals surface area (Å²) in [5.41, 5.74) is 4.65. The Balaban J connectivity index is 1.33. The van der Waals surface area contributed by atoms with E-state index in [1.54, 1.807) is 0 Å². The molecule has 0 radical (unpaired) electrons. The number of amides is 2. The van der Waals surface area contributed by atoms with E-state index in [-0.39, 0.29) is 30.8 Å². The maximum Gasteiger partial charge on any atom is 0.407 e. The Bertz CT molecular complexity index is 1040. The summed E-state index contributed by atoms with van der Waals surface area (Å²) in [6, 6.07) is 15.6. The lowest BCUT2D eigenvalue weighted by atomic mass is 9.93. The molecule has 4 rings (SSSR count). The summed E-state index contributed by atoms with van der Waals surface area (Å²) in [6.45, 7) is 4.67. The van der Waals surface area contributed by atoms with Crippen LogP contribution in [0.5, 0.6) is 0 Å². The SMILES string of the molecule is CC(C)CC(CNC(=O)OCC1c2ccccc2-c2ccccc21)CC(=O)N1CSC[C@H]1C(=O)O. The molecule has 1 unspecified atom stereocenters. The molecule has 0 bridgehead atoms. The summed E-state index contributed by atoms with van der Waals surface area (Å²) in [5.74, 6) is -0.120. The molecule has 2 amide bonds. The van der Waals surface area contributed by atoms with E-state index in [1.165, 1.54) is 27.8 Å². The number of carboxylic acids is 1. The van der Waals surface area contributed by atoms with E-state index >= 15 is 0 Å². The zero-order valence-electron chi connectivity index (χ0n) is 20.1. The number of nitrogens with one attached hydrogen (secondary N) is 1. The van der Waals surface area contributed by atoms with Gasteiger partial charge in [0.25, 0.3) is 0 Å². The van der Waals surface area contributed by atoms with Gasteiger partial charge in [-0.05, 0) is 40.5 Å². The quantitative estimate of drug-likeness (QED) is 0.528. The minimum Gasteiger partial charge on any atom is -0.480 e. The van der Waals surface area contributed by atoms with E-state index in [0.29, 0.717) is 24.1 Å². The first-order valence-corrected chi connectivity index (χ1v) is 13.2. The molecule has 1 aliphatic heterocycles. The first-order chi connectivity index (χ1) is 16.8. The number of carbonyl (C=O) groups excluding carboxylic acids is 2. The van der Waals surface area contributed by atoms with E-state index in [4.69, 9.17) is 4.74 Å². The summed E-state index contributed by atoms with van der Waals surface area (Å²) >= 11 is 1.45. The van der Waals surface area contributed by atoms with Crippen LogP contribution in [0.25, 0.3) is 11.1 Å². The van der Waals surface area contributed by atoms with Crippen molar-refractivity contribution in [3.63, 3.8) is 0 Å². The van der Waals surface area contributed by atoms with E-state index in [1.807, 2.05) is 24.3 Å². The molecule has 0 saturated carbocycles. The zero-order chi connectivity index (χ0) is 24.9. The average molecular weight is 497 g/mol. The van der Waals surface area contributed by atoms with Gasteiger partial charge in [-0.25, -0.2) is 9.59 Å². The van der Waals surface area contributed by atoms with Crippen LogP contribution in [0.4, 0.5) is 4.79 Å². The van der Waals surface area contributed by atoms with Gasteiger partial charge in [0.2, 0.25) is 5.91 Å². The van der Waals surface area contributed by atoms with Crippen LogP contribution in [0, 0.1) is 11.8 Å². The fourth-order valence-electron chi connectivity index (χ4n) is 5.04. The molecule has 1 saturated heterocycles. The van der Waals surface area contributed by atoms with Crippen LogP contribution < -0.4 is 5.32 Å². The number of benzene rings is 2. The van der Waals surface area contributed by atoms with Gasteiger partial charge in [0.05, 0.1) is 5.88 Å². The summed E-state index contributed by atoms with van der Waals surface area (Å²) in [4.78, 5) is 38.3. The van der Waals surface area contributed by atoms with Crippen molar-refractivity contribution < 1.29 is 24.2 Å². The first-order valence-electron chi connectivity index (χ1n) is 12.0. The average Bonchev–Trinajstić information content (AvgIpc) is 3.45. The molecule has 1 aliphatic carbocycles. The lowest BCUT2D eigenvalue weighted by Crippen LogP contribution is -2.43. The number of hydrogen-bond donors (Lipinski definition) is 2. The Kier molecular flexibility index (Phi) is 8.00. The Morgan fingerprint density at radius 2 is 1.71 bits per heavy atom. The Labute approximate surface area is 210 Å². The number of aliphatic carboxylic acids is 1. The predicted molar refractivity (Wildman–Crippen MR) is 136 cm³/mol. The molecular formula is C27H32N2O5S. The van der Waals surface area contributed by atoms with Gasteiger partial charge in [0.15, 0.2) is 0 Å². The highest BCUT2D eigenvalue weighted by Gasteiger charge is 2.35. The molecule has 8 heteroatoms. The van der Waals surface area contributed by atoms with Crippen LogP contribution in [0.2, 0.25) is 0 Å². The fourth-order valence-corrected chi connectivity index (χ4v) is 6.21. The van der Waals surface area contributed by atoms with E-state index < -0.39 is 18.1 Å². The molecule has 2 N–H and O–H groups in total. The van der Waals surface area contributed by atoms with Crippen LogP contribution in [-0.4, -0.2) is 58.8 Å². The van der Waals surface area contributed by atoms with Crippen molar-refractivity contribution in [2.45, 2.75) is 38.6 Å². The largest absolute Gasteiger partial charge is 0.480 e. The van der Waals surface area contributed by atoms with Crippen LogP contribution >= 0.6 is 11.8 Å². The summed E-state index contributed by atoms with van der Waals surface area (Å²) in [5, 5.41) is 12.2. The normalized spacial score (nSPS) is 17.7. The van der Waals surface area contributed by atoms with Crippen LogP contribution in [0.15, 0.2) is 48.5 Å². The topological polar surface area (TPSA) is 95.9 Å². The van der Waals surface area contributed by atoms with Gasteiger partial charge >= 0.3 is 12.1 Å². The number of fused-ring (bicyclic) bond motifs is 3. The second-order valence-electron chi connectivity index (χ2n) is 9.62. The van der Waals surface area contributed by atoms with Crippen molar-refractivity contribution in [3.05, 3.63) is 59.7 Å². The summed E-state index contributed by atoms with van der Waals surface area (Å²) in [7, 11) is 0. The van der Waals surface area contributed by atoms with Crippen molar-refractivity contribution >= 4 is 29.7 Å². The molecule has 2 aromatic carbocycles. The van der Waals surface area contributed by atoms with Crippen molar-refractivity contribution in [3.8, 4) is 11.1 Å². The number of thioether (sulfide) groups is 1. The number of hydrogen-bond acceptors (Lipinski definition) is 5. The molecule has 0 spiro atoms. The van der Waals surface area contributed by atoms with E-state index in [0.717, 1.165) is 17.5 Å². The molecular weight excluding hydrogens is 464 g/mol. The predicted octanol–water partition coefficient (Wildman–Crippen LogP) is 4.56. The van der Waals surface area contributed by atoms with Gasteiger partial charge in [-0.1, -0.05) is 62.4 Å². The second-order valence-corrected chi connectivity index (χ2v) is 10.6. The maximum atomic E-state index is 12.8. The maximum absolute atomic E-state index is 12.8. The van der Waals surface area contributed by atoms with Gasteiger partial charge in [0.1, 0.15) is 12.6 Å². The highest BCUT2D eigenvalue weighted by atomic mass is 32.2. The molecule has 186 valence electrons. The van der Waals surface area contributed by atoms with E-state index in [9.17, 15) is 19.5 Å². The number of alkyl carbamates (subject to hydrolysis) is 1. The van der Waals surface area contributed by atoms with Crippen LogP contribution in [0.1, 0.15) is 43.7 Å². The monoisotopic (exact) mass is 496 g/mol. The van der Waals surface area contributed by atoms with Gasteiger partial charge in [0, 0.05) is 24.6 Å². The highest BCUT2D eigenvalue weighted by molar-refractivity contribution is 7.99. The third-order valence-corrected chi connectivity index (χ3v) is 7.65. The molecule has 2 aromatic rings. The van der Waals surface area contributed by atoms with Gasteiger partial charge in [-0.3, -0.25) is 4.79 Å². The molecule has 1 heterocycles. The van der Waals surface area contributed by atoms with Gasteiger partial charge in [-0.15, -0.1) is 11.8 Å². The van der Waals surface area contributed by atoms with Crippen LogP contribution in [0.3, 0.4) is 0 Å². The van der Waals surface area contributed by atoms with Crippen LogP contribution in [-0.2, 0) is 14.3 Å². The molecule has 1 fully saturated rings.